The number of fused-ring (bicyclic) bond motifs is 2. The summed E-state index contributed by atoms with van der Waals surface area (Å²) in [5.74, 6) is 0.973. The standard InChI is InChI=1S/C12H16F3N3O2S/c13-12(14,15)4-1-5-19-10-11(18-21-17-10)20-9-7-2-3-8(9)16-6-7/h7-9,16H,1-6H2. The quantitative estimate of drug-likeness (QED) is 0.815. The van der Waals surface area contributed by atoms with Gasteiger partial charge in [0, 0.05) is 24.9 Å². The molecule has 0 radical (unpaired) electrons. The topological polar surface area (TPSA) is 56.3 Å². The van der Waals surface area contributed by atoms with Crippen molar-refractivity contribution in [3.05, 3.63) is 0 Å². The molecule has 1 aliphatic heterocycles. The lowest BCUT2D eigenvalue weighted by Gasteiger charge is -2.16. The summed E-state index contributed by atoms with van der Waals surface area (Å²) in [7, 11) is 0. The minimum Gasteiger partial charge on any atom is -0.473 e. The van der Waals surface area contributed by atoms with Crippen LogP contribution in [0.15, 0.2) is 0 Å². The largest absolute Gasteiger partial charge is 0.473 e. The molecule has 5 nitrogen and oxygen atoms in total. The Kier molecular flexibility index (Phi) is 4.21. The first-order valence-corrected chi connectivity index (χ1v) is 7.68. The van der Waals surface area contributed by atoms with E-state index >= 15 is 0 Å². The number of ether oxygens (including phenoxy) is 2. The zero-order valence-electron chi connectivity index (χ0n) is 11.2. The van der Waals surface area contributed by atoms with Crippen LogP contribution in [0.4, 0.5) is 13.2 Å². The van der Waals surface area contributed by atoms with Crippen molar-refractivity contribution in [2.75, 3.05) is 13.2 Å². The zero-order valence-corrected chi connectivity index (χ0v) is 12.0. The van der Waals surface area contributed by atoms with E-state index in [4.69, 9.17) is 9.47 Å². The molecule has 0 aromatic carbocycles. The van der Waals surface area contributed by atoms with Crippen LogP contribution < -0.4 is 14.8 Å². The fourth-order valence-electron chi connectivity index (χ4n) is 2.87. The summed E-state index contributed by atoms with van der Waals surface area (Å²) >= 11 is 0.943. The lowest BCUT2D eigenvalue weighted by atomic mass is 10.1. The number of piperidine rings is 1. The van der Waals surface area contributed by atoms with Crippen LogP contribution in [0.5, 0.6) is 11.8 Å². The van der Waals surface area contributed by atoms with Gasteiger partial charge in [-0.15, -0.1) is 8.75 Å². The molecule has 1 saturated heterocycles. The second kappa shape index (κ2) is 5.96. The summed E-state index contributed by atoms with van der Waals surface area (Å²) in [6.45, 7) is 0.895. The number of hydrogen-bond acceptors (Lipinski definition) is 6. The van der Waals surface area contributed by atoms with Gasteiger partial charge >= 0.3 is 6.18 Å². The third-order valence-corrected chi connectivity index (χ3v) is 4.37. The molecule has 1 aliphatic carbocycles. The van der Waals surface area contributed by atoms with E-state index in [2.05, 4.69) is 14.1 Å². The van der Waals surface area contributed by atoms with Crippen LogP contribution in [-0.4, -0.2) is 40.2 Å². The van der Waals surface area contributed by atoms with Gasteiger partial charge in [0.1, 0.15) is 6.10 Å². The van der Waals surface area contributed by atoms with Gasteiger partial charge in [0.2, 0.25) is 0 Å². The second-order valence-electron chi connectivity index (χ2n) is 5.38. The molecular formula is C12H16F3N3O2S. The molecule has 3 rings (SSSR count). The Labute approximate surface area is 124 Å². The monoisotopic (exact) mass is 323 g/mol. The Morgan fingerprint density at radius 2 is 2.05 bits per heavy atom. The maximum absolute atomic E-state index is 12.1. The molecule has 118 valence electrons. The maximum atomic E-state index is 12.1. The SMILES string of the molecule is FC(F)(F)CCCOc1nsnc1OC1C2CCC1NC2. The molecule has 1 aromatic heterocycles. The molecule has 1 N–H and O–H groups in total. The molecule has 9 heteroatoms. The summed E-state index contributed by atoms with van der Waals surface area (Å²) in [6, 6.07) is 0.328. The summed E-state index contributed by atoms with van der Waals surface area (Å²) in [4.78, 5) is 0. The summed E-state index contributed by atoms with van der Waals surface area (Å²) in [5, 5.41) is 3.37. The van der Waals surface area contributed by atoms with Gasteiger partial charge in [-0.25, -0.2) is 0 Å². The highest BCUT2D eigenvalue weighted by molar-refractivity contribution is 6.99. The van der Waals surface area contributed by atoms with Crippen LogP contribution in [-0.2, 0) is 0 Å². The van der Waals surface area contributed by atoms with Crippen molar-refractivity contribution >= 4 is 11.7 Å². The molecule has 2 aliphatic rings. The van der Waals surface area contributed by atoms with E-state index in [1.165, 1.54) is 0 Å². The average Bonchev–Trinajstić information content (AvgIpc) is 3.12. The summed E-state index contributed by atoms with van der Waals surface area (Å²) in [6.07, 6.45) is -2.85. The fourth-order valence-corrected chi connectivity index (χ4v) is 3.31. The van der Waals surface area contributed by atoms with Gasteiger partial charge in [0.05, 0.1) is 18.3 Å². The molecule has 1 aromatic rings. The molecule has 2 bridgehead atoms. The summed E-state index contributed by atoms with van der Waals surface area (Å²) < 4.78 is 55.3. The van der Waals surface area contributed by atoms with Crippen molar-refractivity contribution in [2.45, 2.75) is 44.0 Å². The van der Waals surface area contributed by atoms with E-state index < -0.39 is 12.6 Å². The van der Waals surface area contributed by atoms with Crippen molar-refractivity contribution < 1.29 is 22.6 Å². The Balaban J connectivity index is 1.50. The molecule has 21 heavy (non-hydrogen) atoms. The van der Waals surface area contributed by atoms with E-state index in [0.717, 1.165) is 31.1 Å². The zero-order chi connectivity index (χ0) is 14.9. The van der Waals surface area contributed by atoms with Crippen molar-refractivity contribution in [2.24, 2.45) is 5.92 Å². The number of nitrogens with zero attached hydrogens (tertiary/aromatic N) is 2. The first-order valence-electron chi connectivity index (χ1n) is 6.95. The van der Waals surface area contributed by atoms with E-state index in [-0.39, 0.29) is 25.0 Å². The van der Waals surface area contributed by atoms with Crippen molar-refractivity contribution in [1.82, 2.24) is 14.1 Å². The molecule has 0 spiro atoms. The number of rotatable bonds is 6. The highest BCUT2D eigenvalue weighted by atomic mass is 32.1. The minimum atomic E-state index is -4.16. The Hall–Kier alpha value is -1.09. The smallest absolute Gasteiger partial charge is 0.389 e. The third-order valence-electron chi connectivity index (χ3n) is 3.87. The van der Waals surface area contributed by atoms with Gasteiger partial charge in [0.15, 0.2) is 0 Å². The second-order valence-corrected chi connectivity index (χ2v) is 5.90. The molecule has 2 heterocycles. The van der Waals surface area contributed by atoms with Crippen LogP contribution in [0.2, 0.25) is 0 Å². The number of aromatic nitrogens is 2. The van der Waals surface area contributed by atoms with Gasteiger partial charge in [0.25, 0.3) is 11.8 Å². The van der Waals surface area contributed by atoms with Crippen molar-refractivity contribution in [3.63, 3.8) is 0 Å². The van der Waals surface area contributed by atoms with E-state index in [1.807, 2.05) is 0 Å². The normalized spacial score (nSPS) is 28.0. The average molecular weight is 323 g/mol. The fraction of sp³-hybridized carbons (Fsp3) is 0.833. The maximum Gasteiger partial charge on any atom is 0.389 e. The highest BCUT2D eigenvalue weighted by Gasteiger charge is 2.44. The number of nitrogens with one attached hydrogen (secondary N) is 1. The van der Waals surface area contributed by atoms with Crippen LogP contribution in [0, 0.1) is 5.92 Å². The van der Waals surface area contributed by atoms with Gasteiger partial charge in [-0.1, -0.05) is 0 Å². The van der Waals surface area contributed by atoms with Crippen molar-refractivity contribution in [3.8, 4) is 11.8 Å². The lowest BCUT2D eigenvalue weighted by Crippen LogP contribution is -2.31. The number of alkyl halides is 3. The van der Waals surface area contributed by atoms with Gasteiger partial charge in [-0.2, -0.15) is 13.2 Å². The number of hydrogen-bond donors (Lipinski definition) is 1. The highest BCUT2D eigenvalue weighted by Crippen LogP contribution is 2.36. The predicted octanol–water partition coefficient (Wildman–Crippen LogP) is 2.39. The summed E-state index contributed by atoms with van der Waals surface area (Å²) in [5.41, 5.74) is 0. The van der Waals surface area contributed by atoms with E-state index in [9.17, 15) is 13.2 Å². The van der Waals surface area contributed by atoms with Crippen molar-refractivity contribution in [1.29, 1.82) is 0 Å². The minimum absolute atomic E-state index is 0.0446. The first kappa shape index (κ1) is 14.8. The Bertz CT molecular complexity index is 463. The Morgan fingerprint density at radius 3 is 2.67 bits per heavy atom. The van der Waals surface area contributed by atoms with Gasteiger partial charge < -0.3 is 14.8 Å². The number of halogens is 3. The van der Waals surface area contributed by atoms with Crippen LogP contribution in [0.3, 0.4) is 0 Å². The molecule has 1 saturated carbocycles. The van der Waals surface area contributed by atoms with Crippen LogP contribution >= 0.6 is 11.7 Å². The van der Waals surface area contributed by atoms with E-state index in [1.54, 1.807) is 0 Å². The molecule has 2 fully saturated rings. The lowest BCUT2D eigenvalue weighted by molar-refractivity contribution is -0.136. The van der Waals surface area contributed by atoms with E-state index in [0.29, 0.717) is 17.8 Å². The predicted molar refractivity (Wildman–Crippen MR) is 69.6 cm³/mol. The Morgan fingerprint density at radius 1 is 1.24 bits per heavy atom. The van der Waals surface area contributed by atoms with Crippen LogP contribution in [0.1, 0.15) is 25.7 Å². The first-order chi connectivity index (χ1) is 10.0. The molecular weight excluding hydrogens is 307 g/mol. The third kappa shape index (κ3) is 3.57. The molecule has 3 atom stereocenters. The molecule has 3 unspecified atom stereocenters. The van der Waals surface area contributed by atoms with Gasteiger partial charge in [-0.05, 0) is 19.3 Å². The van der Waals surface area contributed by atoms with Crippen LogP contribution in [0.25, 0.3) is 0 Å². The molecule has 0 amide bonds. The van der Waals surface area contributed by atoms with Gasteiger partial charge in [-0.3, -0.25) is 0 Å².